The smallest absolute Gasteiger partial charge is 0.342 e. The lowest BCUT2D eigenvalue weighted by atomic mass is 10.1. The first-order chi connectivity index (χ1) is 12.4. The van der Waals surface area contributed by atoms with Crippen LogP contribution < -0.4 is 14.2 Å². The van der Waals surface area contributed by atoms with Gasteiger partial charge in [0, 0.05) is 10.6 Å². The second-order valence-electron chi connectivity index (χ2n) is 5.30. The highest BCUT2D eigenvalue weighted by atomic mass is 35.5. The molecule has 2 rings (SSSR count). The van der Waals surface area contributed by atoms with Gasteiger partial charge in [0.2, 0.25) is 11.5 Å². The van der Waals surface area contributed by atoms with Crippen molar-refractivity contribution in [2.75, 3.05) is 21.3 Å². The van der Waals surface area contributed by atoms with Crippen molar-refractivity contribution >= 4 is 23.4 Å². The summed E-state index contributed by atoms with van der Waals surface area (Å²) in [7, 11) is 4.31. The number of methoxy groups -OCH3 is 3. The molecule has 6 nitrogen and oxygen atoms in total. The van der Waals surface area contributed by atoms with Crippen molar-refractivity contribution in [2.24, 2.45) is 0 Å². The average Bonchev–Trinajstić information content (AvgIpc) is 2.66. The minimum Gasteiger partial charge on any atom is -0.493 e. The predicted octanol–water partition coefficient (Wildman–Crippen LogP) is 3.79. The maximum Gasteiger partial charge on any atom is 0.342 e. The highest BCUT2D eigenvalue weighted by molar-refractivity contribution is 6.30. The molecule has 0 aliphatic heterocycles. The molecule has 0 N–H and O–H groups in total. The predicted molar refractivity (Wildman–Crippen MR) is 96.8 cm³/mol. The zero-order valence-corrected chi connectivity index (χ0v) is 15.6. The molecule has 0 aromatic heterocycles. The molecule has 1 atom stereocenters. The molecular formula is C19H19ClO6. The number of ether oxygens (including phenoxy) is 4. The lowest BCUT2D eigenvalue weighted by molar-refractivity contribution is 0.0315. The lowest BCUT2D eigenvalue weighted by Crippen LogP contribution is -2.24. The van der Waals surface area contributed by atoms with Crippen LogP contribution in [0.3, 0.4) is 0 Å². The molecule has 0 bridgehead atoms. The topological polar surface area (TPSA) is 71.1 Å². The van der Waals surface area contributed by atoms with Gasteiger partial charge in [-0.15, -0.1) is 0 Å². The molecule has 0 aliphatic rings. The number of rotatable bonds is 7. The van der Waals surface area contributed by atoms with Crippen LogP contribution in [-0.4, -0.2) is 39.2 Å². The molecule has 0 heterocycles. The molecule has 2 aromatic rings. The molecule has 0 amide bonds. The molecule has 0 aliphatic carbocycles. The molecule has 7 heteroatoms. The molecule has 2 aromatic carbocycles. The van der Waals surface area contributed by atoms with Crippen LogP contribution in [0.1, 0.15) is 27.6 Å². The number of halogens is 1. The van der Waals surface area contributed by atoms with Crippen molar-refractivity contribution in [3.05, 3.63) is 52.5 Å². The second kappa shape index (κ2) is 8.58. The average molecular weight is 379 g/mol. The van der Waals surface area contributed by atoms with Crippen molar-refractivity contribution in [1.82, 2.24) is 0 Å². The summed E-state index contributed by atoms with van der Waals surface area (Å²) in [5, 5.41) is 0.515. The molecule has 0 radical (unpaired) electrons. The first-order valence-electron chi connectivity index (χ1n) is 7.72. The molecule has 0 fully saturated rings. The van der Waals surface area contributed by atoms with Crippen molar-refractivity contribution in [3.63, 3.8) is 0 Å². The number of ketones is 1. The van der Waals surface area contributed by atoms with E-state index in [1.54, 1.807) is 30.3 Å². The Morgan fingerprint density at radius 1 is 0.885 bits per heavy atom. The third kappa shape index (κ3) is 4.08. The molecule has 0 unspecified atom stereocenters. The Morgan fingerprint density at radius 2 is 1.50 bits per heavy atom. The van der Waals surface area contributed by atoms with Gasteiger partial charge in [0.1, 0.15) is 5.56 Å². The standard InChI is InChI=1S/C19H19ClO6/c1-11(16(21)12-5-7-13(20)8-6-12)26-19(22)14-9-10-15(23-2)18(25-4)17(14)24-3/h5-11H,1-4H3/t11-/m1/s1. The molecule has 0 spiro atoms. The number of hydrogen-bond acceptors (Lipinski definition) is 6. The van der Waals surface area contributed by atoms with Crippen molar-refractivity contribution in [3.8, 4) is 17.2 Å². The zero-order chi connectivity index (χ0) is 19.3. The van der Waals surface area contributed by atoms with Crippen molar-refractivity contribution in [1.29, 1.82) is 0 Å². The number of esters is 1. The highest BCUT2D eigenvalue weighted by Crippen LogP contribution is 2.40. The van der Waals surface area contributed by atoms with E-state index < -0.39 is 12.1 Å². The fourth-order valence-electron chi connectivity index (χ4n) is 2.39. The third-order valence-corrected chi connectivity index (χ3v) is 3.96. The quantitative estimate of drug-likeness (QED) is 0.539. The van der Waals surface area contributed by atoms with Crippen LogP contribution in [0.25, 0.3) is 0 Å². The Bertz CT molecular complexity index is 800. The summed E-state index contributed by atoms with van der Waals surface area (Å²) in [6, 6.07) is 9.39. The van der Waals surface area contributed by atoms with Gasteiger partial charge in [0.15, 0.2) is 17.6 Å². The fourth-order valence-corrected chi connectivity index (χ4v) is 2.51. The maximum atomic E-state index is 12.5. The summed E-state index contributed by atoms with van der Waals surface area (Å²) < 4.78 is 21.0. The Balaban J connectivity index is 2.23. The van der Waals surface area contributed by atoms with Crippen LogP contribution in [0, 0.1) is 0 Å². The number of carbonyl (C=O) groups excluding carboxylic acids is 2. The monoisotopic (exact) mass is 378 g/mol. The van der Waals surface area contributed by atoms with Crippen LogP contribution in [0.4, 0.5) is 0 Å². The number of Topliss-reactive ketones (excluding diaryl/α,β-unsaturated/α-hetero) is 1. The Hall–Kier alpha value is -2.73. The van der Waals surface area contributed by atoms with Gasteiger partial charge in [0.25, 0.3) is 0 Å². The summed E-state index contributed by atoms with van der Waals surface area (Å²) >= 11 is 5.81. The second-order valence-corrected chi connectivity index (χ2v) is 5.74. The van der Waals surface area contributed by atoms with Crippen molar-refractivity contribution in [2.45, 2.75) is 13.0 Å². The molecule has 26 heavy (non-hydrogen) atoms. The van der Waals surface area contributed by atoms with E-state index in [1.807, 2.05) is 0 Å². The Morgan fingerprint density at radius 3 is 2.04 bits per heavy atom. The third-order valence-electron chi connectivity index (χ3n) is 3.71. The van der Waals surface area contributed by atoms with Gasteiger partial charge >= 0.3 is 5.97 Å². The van der Waals surface area contributed by atoms with Gasteiger partial charge in [-0.25, -0.2) is 4.79 Å². The van der Waals surface area contributed by atoms with Crippen molar-refractivity contribution < 1.29 is 28.5 Å². The van der Waals surface area contributed by atoms with Crippen LogP contribution >= 0.6 is 11.6 Å². The lowest BCUT2D eigenvalue weighted by Gasteiger charge is -2.17. The number of carbonyl (C=O) groups is 2. The summed E-state index contributed by atoms with van der Waals surface area (Å²) in [4.78, 5) is 24.9. The first-order valence-corrected chi connectivity index (χ1v) is 8.10. The van der Waals surface area contributed by atoms with Gasteiger partial charge < -0.3 is 18.9 Å². The summed E-state index contributed by atoms with van der Waals surface area (Å²) in [6.07, 6.45) is -0.985. The molecule has 0 saturated carbocycles. The van der Waals surface area contributed by atoms with E-state index in [4.69, 9.17) is 30.5 Å². The first kappa shape index (κ1) is 19.6. The van der Waals surface area contributed by atoms with E-state index in [-0.39, 0.29) is 22.8 Å². The van der Waals surface area contributed by atoms with E-state index in [0.29, 0.717) is 16.3 Å². The van der Waals surface area contributed by atoms with Crippen LogP contribution in [0.15, 0.2) is 36.4 Å². The van der Waals surface area contributed by atoms with E-state index in [9.17, 15) is 9.59 Å². The van der Waals surface area contributed by atoms with E-state index >= 15 is 0 Å². The van der Waals surface area contributed by atoms with E-state index in [1.165, 1.54) is 34.3 Å². The minimum atomic E-state index is -0.985. The summed E-state index contributed by atoms with van der Waals surface area (Å²) in [6.45, 7) is 1.50. The van der Waals surface area contributed by atoms with Gasteiger partial charge in [0.05, 0.1) is 21.3 Å². The van der Waals surface area contributed by atoms with Crippen LogP contribution in [0.5, 0.6) is 17.2 Å². The zero-order valence-electron chi connectivity index (χ0n) is 14.9. The van der Waals surface area contributed by atoms with E-state index in [0.717, 1.165) is 0 Å². The number of hydrogen-bond donors (Lipinski definition) is 0. The van der Waals surface area contributed by atoms with Crippen LogP contribution in [0.2, 0.25) is 5.02 Å². The van der Waals surface area contributed by atoms with Gasteiger partial charge in [-0.2, -0.15) is 0 Å². The minimum absolute atomic E-state index is 0.126. The SMILES string of the molecule is COc1ccc(C(=O)O[C@H](C)C(=O)c2ccc(Cl)cc2)c(OC)c1OC. The molecule has 0 saturated heterocycles. The normalized spacial score (nSPS) is 11.4. The number of benzene rings is 2. The van der Waals surface area contributed by atoms with Crippen LogP contribution in [-0.2, 0) is 4.74 Å². The molecule has 138 valence electrons. The van der Waals surface area contributed by atoms with E-state index in [2.05, 4.69) is 0 Å². The molecular weight excluding hydrogens is 360 g/mol. The van der Waals surface area contributed by atoms with Gasteiger partial charge in [-0.05, 0) is 43.3 Å². The largest absolute Gasteiger partial charge is 0.493 e. The fraction of sp³-hybridized carbons (Fsp3) is 0.263. The van der Waals surface area contributed by atoms with Gasteiger partial charge in [-0.3, -0.25) is 4.79 Å². The Kier molecular flexibility index (Phi) is 6.46. The Labute approximate surface area is 156 Å². The highest BCUT2D eigenvalue weighted by Gasteiger charge is 2.25. The van der Waals surface area contributed by atoms with Gasteiger partial charge in [-0.1, -0.05) is 11.6 Å². The summed E-state index contributed by atoms with van der Waals surface area (Å²) in [5.74, 6) is -0.206. The maximum absolute atomic E-state index is 12.5. The summed E-state index contributed by atoms with van der Waals surface area (Å²) in [5.41, 5.74) is 0.523.